The maximum atomic E-state index is 12.3. The average molecular weight is 377 g/mol. The van der Waals surface area contributed by atoms with Gasteiger partial charge in [0.05, 0.1) is 0 Å². The smallest absolute Gasteiger partial charge is 0.319 e. The Morgan fingerprint density at radius 3 is 2.64 bits per heavy atom. The molecule has 1 aliphatic carbocycles. The Kier molecular flexibility index (Phi) is 5.60. The van der Waals surface area contributed by atoms with Gasteiger partial charge in [-0.15, -0.1) is 0 Å². The minimum absolute atomic E-state index is 0.185. The molecule has 2 aliphatic rings. The van der Waals surface area contributed by atoms with E-state index < -0.39 is 0 Å². The van der Waals surface area contributed by atoms with Gasteiger partial charge in [0, 0.05) is 31.2 Å². The van der Waals surface area contributed by atoms with Crippen LogP contribution in [-0.2, 0) is 24.2 Å². The van der Waals surface area contributed by atoms with Crippen LogP contribution in [0.25, 0.3) is 0 Å². The zero-order valence-electron chi connectivity index (χ0n) is 16.1. The molecule has 2 aromatic rings. The largest absolute Gasteiger partial charge is 0.338 e. The number of fused-ring (bicyclic) bond motifs is 1. The monoisotopic (exact) mass is 377 g/mol. The van der Waals surface area contributed by atoms with Crippen molar-refractivity contribution in [2.75, 3.05) is 18.4 Å². The van der Waals surface area contributed by atoms with E-state index in [-0.39, 0.29) is 11.9 Å². The predicted octanol–water partition coefficient (Wildman–Crippen LogP) is 3.74. The van der Waals surface area contributed by atoms with Crippen LogP contribution in [0.1, 0.15) is 36.0 Å². The summed E-state index contributed by atoms with van der Waals surface area (Å²) in [6, 6.07) is 16.1. The van der Waals surface area contributed by atoms with Crippen molar-refractivity contribution < 1.29 is 9.59 Å². The van der Waals surface area contributed by atoms with E-state index in [0.29, 0.717) is 19.0 Å². The minimum Gasteiger partial charge on any atom is -0.338 e. The van der Waals surface area contributed by atoms with Crippen molar-refractivity contribution in [3.8, 4) is 0 Å². The molecular weight excluding hydrogens is 350 g/mol. The number of rotatable bonds is 6. The van der Waals surface area contributed by atoms with Crippen LogP contribution in [-0.4, -0.2) is 29.9 Å². The van der Waals surface area contributed by atoms with E-state index in [1.165, 1.54) is 11.1 Å². The summed E-state index contributed by atoms with van der Waals surface area (Å²) in [4.78, 5) is 26.5. The third kappa shape index (κ3) is 4.71. The van der Waals surface area contributed by atoms with E-state index in [1.54, 1.807) is 0 Å². The second-order valence-corrected chi connectivity index (χ2v) is 7.74. The van der Waals surface area contributed by atoms with Gasteiger partial charge < -0.3 is 15.5 Å². The Morgan fingerprint density at radius 2 is 1.86 bits per heavy atom. The Morgan fingerprint density at radius 1 is 1.04 bits per heavy atom. The number of amides is 3. The average Bonchev–Trinajstić information content (AvgIpc) is 3.56. The Bertz CT molecular complexity index is 846. The number of hydrogen-bond acceptors (Lipinski definition) is 2. The van der Waals surface area contributed by atoms with Crippen molar-refractivity contribution in [3.63, 3.8) is 0 Å². The first-order valence-electron chi connectivity index (χ1n) is 10.2. The predicted molar refractivity (Wildman–Crippen MR) is 110 cm³/mol. The zero-order chi connectivity index (χ0) is 19.3. The van der Waals surface area contributed by atoms with Crippen LogP contribution in [0.15, 0.2) is 48.5 Å². The van der Waals surface area contributed by atoms with Gasteiger partial charge in [-0.1, -0.05) is 36.4 Å². The molecule has 2 N–H and O–H groups in total. The van der Waals surface area contributed by atoms with Gasteiger partial charge in [0.2, 0.25) is 5.91 Å². The van der Waals surface area contributed by atoms with Crippen LogP contribution < -0.4 is 10.6 Å². The molecule has 146 valence electrons. The summed E-state index contributed by atoms with van der Waals surface area (Å²) in [7, 11) is 0. The highest BCUT2D eigenvalue weighted by Crippen LogP contribution is 2.33. The molecule has 0 atom stereocenters. The van der Waals surface area contributed by atoms with Crippen LogP contribution in [0.2, 0.25) is 0 Å². The lowest BCUT2D eigenvalue weighted by Crippen LogP contribution is -2.37. The molecule has 0 bridgehead atoms. The zero-order valence-corrected chi connectivity index (χ0v) is 16.1. The van der Waals surface area contributed by atoms with Gasteiger partial charge in [-0.25, -0.2) is 4.79 Å². The molecule has 4 rings (SSSR count). The van der Waals surface area contributed by atoms with Crippen LogP contribution in [0.3, 0.4) is 0 Å². The first-order chi connectivity index (χ1) is 13.7. The van der Waals surface area contributed by atoms with E-state index in [1.807, 2.05) is 35.2 Å². The molecule has 1 aliphatic heterocycles. The number of carbonyl (C=O) groups is 2. The fourth-order valence-corrected chi connectivity index (χ4v) is 3.73. The van der Waals surface area contributed by atoms with Crippen molar-refractivity contribution in [2.24, 2.45) is 5.92 Å². The van der Waals surface area contributed by atoms with E-state index in [2.05, 4.69) is 28.8 Å². The number of urea groups is 1. The molecule has 0 aromatic heterocycles. The maximum Gasteiger partial charge on any atom is 0.319 e. The molecule has 0 radical (unpaired) electrons. The first kappa shape index (κ1) is 18.5. The van der Waals surface area contributed by atoms with Gasteiger partial charge in [0.25, 0.3) is 0 Å². The van der Waals surface area contributed by atoms with Gasteiger partial charge in [-0.2, -0.15) is 0 Å². The van der Waals surface area contributed by atoms with E-state index in [0.717, 1.165) is 49.9 Å². The quantitative estimate of drug-likeness (QED) is 0.754. The summed E-state index contributed by atoms with van der Waals surface area (Å²) in [6.45, 7) is 2.09. The van der Waals surface area contributed by atoms with Gasteiger partial charge in [-0.05, 0) is 60.9 Å². The fraction of sp³-hybridized carbons (Fsp3) is 0.391. The molecule has 5 nitrogen and oxygen atoms in total. The highest BCUT2D eigenvalue weighted by Gasteiger charge is 2.34. The van der Waals surface area contributed by atoms with Gasteiger partial charge in [-0.3, -0.25) is 4.79 Å². The molecule has 5 heteroatoms. The maximum absolute atomic E-state index is 12.3. The lowest BCUT2D eigenvalue weighted by molar-refractivity contribution is -0.133. The van der Waals surface area contributed by atoms with Crippen molar-refractivity contribution in [1.82, 2.24) is 10.2 Å². The summed E-state index contributed by atoms with van der Waals surface area (Å²) in [5.41, 5.74) is 4.47. The number of hydrogen-bond donors (Lipinski definition) is 2. The lowest BCUT2D eigenvalue weighted by Gasteiger charge is -2.29. The molecule has 2 aromatic carbocycles. The molecule has 1 fully saturated rings. The van der Waals surface area contributed by atoms with Crippen molar-refractivity contribution in [1.29, 1.82) is 0 Å². The number of anilines is 1. The SMILES string of the molecule is O=C(NCCCc1ccccc1)Nc1ccc2c(c1)CN(C(=O)C1CC1)CC2. The Hall–Kier alpha value is -2.82. The van der Waals surface area contributed by atoms with Crippen molar-refractivity contribution in [3.05, 3.63) is 65.2 Å². The van der Waals surface area contributed by atoms with Gasteiger partial charge >= 0.3 is 6.03 Å². The molecule has 1 heterocycles. The molecule has 0 spiro atoms. The molecule has 28 heavy (non-hydrogen) atoms. The van der Waals surface area contributed by atoms with Crippen LogP contribution >= 0.6 is 0 Å². The standard InChI is InChI=1S/C23H27N3O2/c27-22(19-8-9-19)26-14-12-18-10-11-21(15-20(18)16-26)25-23(28)24-13-4-7-17-5-2-1-3-6-17/h1-3,5-6,10-11,15,19H,4,7-9,12-14,16H2,(H2,24,25,28). The number of carbonyl (C=O) groups excluding carboxylic acids is 2. The molecule has 3 amide bonds. The topological polar surface area (TPSA) is 61.4 Å². The summed E-state index contributed by atoms with van der Waals surface area (Å²) >= 11 is 0. The van der Waals surface area contributed by atoms with Crippen LogP contribution in [0.4, 0.5) is 10.5 Å². The van der Waals surface area contributed by atoms with Gasteiger partial charge in [0.15, 0.2) is 0 Å². The van der Waals surface area contributed by atoms with E-state index in [9.17, 15) is 9.59 Å². The van der Waals surface area contributed by atoms with Gasteiger partial charge in [0.1, 0.15) is 0 Å². The second-order valence-electron chi connectivity index (χ2n) is 7.74. The molecule has 0 unspecified atom stereocenters. The first-order valence-corrected chi connectivity index (χ1v) is 10.2. The fourth-order valence-electron chi connectivity index (χ4n) is 3.73. The van der Waals surface area contributed by atoms with Crippen molar-refractivity contribution in [2.45, 2.75) is 38.6 Å². The van der Waals surface area contributed by atoms with Crippen LogP contribution in [0.5, 0.6) is 0 Å². The van der Waals surface area contributed by atoms with Crippen molar-refractivity contribution >= 4 is 17.6 Å². The summed E-state index contributed by atoms with van der Waals surface area (Å²) in [6.07, 6.45) is 4.81. The third-order valence-electron chi connectivity index (χ3n) is 5.49. The summed E-state index contributed by atoms with van der Waals surface area (Å²) < 4.78 is 0. The number of benzene rings is 2. The minimum atomic E-state index is -0.185. The highest BCUT2D eigenvalue weighted by molar-refractivity contribution is 5.89. The van der Waals surface area contributed by atoms with E-state index >= 15 is 0 Å². The Labute approximate surface area is 166 Å². The number of aryl methyl sites for hydroxylation is 1. The Balaban J connectivity index is 1.26. The highest BCUT2D eigenvalue weighted by atomic mass is 16.2. The summed E-state index contributed by atoms with van der Waals surface area (Å²) in [5.74, 6) is 0.546. The molecule has 1 saturated carbocycles. The molecule has 0 saturated heterocycles. The number of nitrogens with one attached hydrogen (secondary N) is 2. The van der Waals surface area contributed by atoms with E-state index in [4.69, 9.17) is 0 Å². The molecular formula is C23H27N3O2. The third-order valence-corrected chi connectivity index (χ3v) is 5.49. The van der Waals surface area contributed by atoms with Crippen LogP contribution in [0, 0.1) is 5.92 Å². The normalized spacial score (nSPS) is 15.6. The second kappa shape index (κ2) is 8.46. The summed E-state index contributed by atoms with van der Waals surface area (Å²) in [5, 5.41) is 5.83. The number of nitrogens with zero attached hydrogens (tertiary/aromatic N) is 1. The lowest BCUT2D eigenvalue weighted by atomic mass is 9.98.